The number of hydrogen-bond acceptors (Lipinski definition) is 5. The second-order valence-electron chi connectivity index (χ2n) is 3.90. The number of H-pyrrole nitrogens is 1. The number of carbonyl (C=O) groups excluding carboxylic acids is 1. The first-order valence-electron chi connectivity index (χ1n) is 5.90. The van der Waals surface area contributed by atoms with Crippen molar-refractivity contribution >= 4 is 28.1 Å². The molecule has 1 aromatic heterocycles. The summed E-state index contributed by atoms with van der Waals surface area (Å²) in [5, 5.41) is 10.2. The Balaban J connectivity index is 2.11. The minimum atomic E-state index is -0.405. The topological polar surface area (TPSA) is 88.6 Å². The number of hydrogen-bond donors (Lipinski definition) is 2. The van der Waals surface area contributed by atoms with Crippen LogP contribution in [-0.2, 0) is 0 Å². The lowest BCUT2D eigenvalue weighted by Crippen LogP contribution is -2.18. The van der Waals surface area contributed by atoms with E-state index in [2.05, 4.69) is 36.7 Å². The summed E-state index contributed by atoms with van der Waals surface area (Å²) >= 11 is 3.20. The summed E-state index contributed by atoms with van der Waals surface area (Å²) in [5.41, 5.74) is 3.37. The average Bonchev–Trinajstić information content (AvgIpc) is 2.93. The molecule has 0 atom stereocenters. The van der Waals surface area contributed by atoms with E-state index in [1.165, 1.54) is 12.4 Å². The Morgan fingerprint density at radius 1 is 1.43 bits per heavy atom. The van der Waals surface area contributed by atoms with Crippen LogP contribution in [0.2, 0.25) is 0 Å². The van der Waals surface area contributed by atoms with Crippen molar-refractivity contribution in [2.45, 2.75) is 0 Å². The zero-order chi connectivity index (χ0) is 15.2. The number of nitrogens with one attached hydrogen (secondary N) is 2. The number of amides is 1. The SMILES string of the molecule is COc1ccc(OC)c(C=NNC(=O)c2[nH]ncc2Br)c1. The van der Waals surface area contributed by atoms with E-state index in [0.29, 0.717) is 27.2 Å². The van der Waals surface area contributed by atoms with Crippen molar-refractivity contribution in [1.82, 2.24) is 15.6 Å². The highest BCUT2D eigenvalue weighted by Gasteiger charge is 2.10. The number of halogens is 1. The second-order valence-corrected chi connectivity index (χ2v) is 4.75. The lowest BCUT2D eigenvalue weighted by Gasteiger charge is -2.06. The quantitative estimate of drug-likeness (QED) is 0.635. The number of aromatic amines is 1. The van der Waals surface area contributed by atoms with Crippen molar-refractivity contribution in [2.24, 2.45) is 5.10 Å². The van der Waals surface area contributed by atoms with E-state index in [1.54, 1.807) is 32.4 Å². The summed E-state index contributed by atoms with van der Waals surface area (Å²) in [6.07, 6.45) is 2.97. The maximum atomic E-state index is 11.8. The molecule has 0 bridgehead atoms. The maximum Gasteiger partial charge on any atom is 0.290 e. The zero-order valence-corrected chi connectivity index (χ0v) is 13.0. The molecule has 110 valence electrons. The Morgan fingerprint density at radius 2 is 2.24 bits per heavy atom. The minimum absolute atomic E-state index is 0.296. The third-order valence-electron chi connectivity index (χ3n) is 2.63. The van der Waals surface area contributed by atoms with Crippen LogP contribution >= 0.6 is 15.9 Å². The number of ether oxygens (including phenoxy) is 2. The van der Waals surface area contributed by atoms with Gasteiger partial charge in [-0.1, -0.05) is 0 Å². The van der Waals surface area contributed by atoms with Crippen LogP contribution in [0, 0.1) is 0 Å². The van der Waals surface area contributed by atoms with E-state index < -0.39 is 5.91 Å². The average molecular weight is 353 g/mol. The van der Waals surface area contributed by atoms with Gasteiger partial charge in [0, 0.05) is 5.56 Å². The number of rotatable bonds is 5. The molecule has 2 aromatic rings. The van der Waals surface area contributed by atoms with Crippen LogP contribution in [-0.4, -0.2) is 36.5 Å². The van der Waals surface area contributed by atoms with Gasteiger partial charge in [0.1, 0.15) is 17.2 Å². The molecule has 0 spiro atoms. The van der Waals surface area contributed by atoms with Crippen molar-refractivity contribution in [3.05, 3.63) is 40.1 Å². The Morgan fingerprint density at radius 3 is 2.86 bits per heavy atom. The molecule has 21 heavy (non-hydrogen) atoms. The second kappa shape index (κ2) is 6.89. The normalized spacial score (nSPS) is 10.6. The summed E-state index contributed by atoms with van der Waals surface area (Å²) in [5.74, 6) is 0.883. The van der Waals surface area contributed by atoms with Gasteiger partial charge in [-0.2, -0.15) is 10.2 Å². The largest absolute Gasteiger partial charge is 0.497 e. The highest BCUT2D eigenvalue weighted by atomic mass is 79.9. The van der Waals surface area contributed by atoms with Crippen LogP contribution in [0.4, 0.5) is 0 Å². The summed E-state index contributed by atoms with van der Waals surface area (Å²) in [6.45, 7) is 0. The van der Waals surface area contributed by atoms with Crippen LogP contribution in [0.25, 0.3) is 0 Å². The standard InChI is InChI=1S/C13H13BrN4O3/c1-20-9-3-4-11(21-2)8(5-9)6-15-18-13(19)12-10(14)7-16-17-12/h3-7H,1-2H3,(H,16,17)(H,18,19). The molecular formula is C13H13BrN4O3. The monoisotopic (exact) mass is 352 g/mol. The molecular weight excluding hydrogens is 340 g/mol. The fourth-order valence-corrected chi connectivity index (χ4v) is 1.96. The molecule has 7 nitrogen and oxygen atoms in total. The Hall–Kier alpha value is -2.35. The lowest BCUT2D eigenvalue weighted by molar-refractivity contribution is 0.0949. The smallest absolute Gasteiger partial charge is 0.290 e. The molecule has 8 heteroatoms. The van der Waals surface area contributed by atoms with Crippen LogP contribution in [0.15, 0.2) is 34.0 Å². The van der Waals surface area contributed by atoms with Gasteiger partial charge in [0.25, 0.3) is 5.91 Å². The molecule has 2 N–H and O–H groups in total. The first kappa shape index (κ1) is 15.0. The van der Waals surface area contributed by atoms with E-state index in [0.717, 1.165) is 0 Å². The van der Waals surface area contributed by atoms with Crippen molar-refractivity contribution < 1.29 is 14.3 Å². The Labute approximate surface area is 129 Å². The van der Waals surface area contributed by atoms with Gasteiger partial charge in [-0.3, -0.25) is 9.89 Å². The van der Waals surface area contributed by atoms with Gasteiger partial charge < -0.3 is 9.47 Å². The summed E-state index contributed by atoms with van der Waals surface area (Å²) in [7, 11) is 3.12. The van der Waals surface area contributed by atoms with Crippen LogP contribution in [0.1, 0.15) is 16.1 Å². The summed E-state index contributed by atoms with van der Waals surface area (Å²) in [4.78, 5) is 11.8. The van der Waals surface area contributed by atoms with Gasteiger partial charge in [0.05, 0.1) is 31.1 Å². The Kier molecular flexibility index (Phi) is 4.94. The maximum absolute atomic E-state index is 11.8. The number of benzene rings is 1. The third-order valence-corrected chi connectivity index (χ3v) is 3.23. The molecule has 0 aliphatic carbocycles. The molecule has 0 aliphatic heterocycles. The molecule has 2 rings (SSSR count). The molecule has 0 aliphatic rings. The number of aromatic nitrogens is 2. The van der Waals surface area contributed by atoms with Crippen molar-refractivity contribution in [3.63, 3.8) is 0 Å². The number of carbonyl (C=O) groups is 1. The fourth-order valence-electron chi connectivity index (χ4n) is 1.59. The van der Waals surface area contributed by atoms with E-state index in [4.69, 9.17) is 9.47 Å². The molecule has 0 radical (unpaired) electrons. The first-order valence-corrected chi connectivity index (χ1v) is 6.69. The van der Waals surface area contributed by atoms with Gasteiger partial charge >= 0.3 is 0 Å². The van der Waals surface area contributed by atoms with Crippen LogP contribution in [0.3, 0.4) is 0 Å². The minimum Gasteiger partial charge on any atom is -0.497 e. The van der Waals surface area contributed by atoms with Gasteiger partial charge in [-0.05, 0) is 34.1 Å². The van der Waals surface area contributed by atoms with Gasteiger partial charge in [0.15, 0.2) is 0 Å². The zero-order valence-electron chi connectivity index (χ0n) is 11.4. The molecule has 1 heterocycles. The summed E-state index contributed by atoms with van der Waals surface area (Å²) < 4.78 is 10.9. The van der Waals surface area contributed by atoms with Gasteiger partial charge in [-0.15, -0.1) is 0 Å². The van der Waals surface area contributed by atoms with Gasteiger partial charge in [-0.25, -0.2) is 5.43 Å². The van der Waals surface area contributed by atoms with Crippen LogP contribution < -0.4 is 14.9 Å². The predicted molar refractivity (Wildman–Crippen MR) is 80.9 cm³/mol. The van der Waals surface area contributed by atoms with Crippen molar-refractivity contribution in [3.8, 4) is 11.5 Å². The van der Waals surface area contributed by atoms with Gasteiger partial charge in [0.2, 0.25) is 0 Å². The van der Waals surface area contributed by atoms with Crippen LogP contribution in [0.5, 0.6) is 11.5 Å². The first-order chi connectivity index (χ1) is 10.2. The predicted octanol–water partition coefficient (Wildman–Crippen LogP) is 1.95. The highest BCUT2D eigenvalue weighted by molar-refractivity contribution is 9.10. The van der Waals surface area contributed by atoms with E-state index in [-0.39, 0.29) is 0 Å². The molecule has 0 fully saturated rings. The van der Waals surface area contributed by atoms with E-state index in [1.807, 2.05) is 0 Å². The van der Waals surface area contributed by atoms with E-state index >= 15 is 0 Å². The molecule has 1 aromatic carbocycles. The number of hydrazone groups is 1. The molecule has 0 saturated heterocycles. The van der Waals surface area contributed by atoms with Crippen molar-refractivity contribution in [1.29, 1.82) is 0 Å². The molecule has 0 saturated carbocycles. The molecule has 1 amide bonds. The van der Waals surface area contributed by atoms with E-state index in [9.17, 15) is 4.79 Å². The lowest BCUT2D eigenvalue weighted by atomic mass is 10.2. The van der Waals surface area contributed by atoms with Crippen molar-refractivity contribution in [2.75, 3.05) is 14.2 Å². The molecule has 0 unspecified atom stereocenters. The third kappa shape index (κ3) is 3.60. The number of nitrogens with zero attached hydrogens (tertiary/aromatic N) is 2. The Bertz CT molecular complexity index is 669. The summed E-state index contributed by atoms with van der Waals surface area (Å²) in [6, 6.07) is 5.28. The fraction of sp³-hybridized carbons (Fsp3) is 0.154. The highest BCUT2D eigenvalue weighted by Crippen LogP contribution is 2.22. The number of methoxy groups -OCH3 is 2.